The molecule has 2 saturated carbocycles. The second-order valence-electron chi connectivity index (χ2n) is 6.36. The number of nitrogens with two attached hydrogens (primary N) is 1. The Balaban J connectivity index is 1.74. The van der Waals surface area contributed by atoms with Crippen LogP contribution in [-0.4, -0.2) is 23.4 Å². The van der Waals surface area contributed by atoms with Crippen molar-refractivity contribution in [3.63, 3.8) is 0 Å². The van der Waals surface area contributed by atoms with Gasteiger partial charge in [0.1, 0.15) is 0 Å². The molecule has 0 aliphatic heterocycles. The van der Waals surface area contributed by atoms with E-state index in [1.165, 1.54) is 5.56 Å². The SMILES string of the molecule is NC[C@H]1CCC[C@H]1C(=O)N(Cc1cccc(Br)c1)C1CC1. The lowest BCUT2D eigenvalue weighted by Gasteiger charge is -2.28. The van der Waals surface area contributed by atoms with Crippen LogP contribution in [0.25, 0.3) is 0 Å². The fourth-order valence-corrected chi connectivity index (χ4v) is 3.91. The molecule has 1 aromatic rings. The Morgan fingerprint density at radius 1 is 1.29 bits per heavy atom. The molecule has 0 radical (unpaired) electrons. The number of nitrogens with zero attached hydrogens (tertiary/aromatic N) is 1. The molecule has 0 saturated heterocycles. The van der Waals surface area contributed by atoms with E-state index in [0.717, 1.165) is 43.1 Å². The predicted octanol–water partition coefficient (Wildman–Crippen LogP) is 3.32. The molecule has 0 aromatic heterocycles. The van der Waals surface area contributed by atoms with Gasteiger partial charge in [0.05, 0.1) is 0 Å². The van der Waals surface area contributed by atoms with Crippen molar-refractivity contribution in [2.24, 2.45) is 17.6 Å². The minimum Gasteiger partial charge on any atom is -0.335 e. The van der Waals surface area contributed by atoms with Gasteiger partial charge in [0, 0.05) is 23.0 Å². The average Bonchev–Trinajstić information content (AvgIpc) is 3.20. The van der Waals surface area contributed by atoms with Gasteiger partial charge in [-0.1, -0.05) is 34.5 Å². The minimum absolute atomic E-state index is 0.155. The summed E-state index contributed by atoms with van der Waals surface area (Å²) in [7, 11) is 0. The Morgan fingerprint density at radius 3 is 2.76 bits per heavy atom. The number of hydrogen-bond donors (Lipinski definition) is 1. The fourth-order valence-electron chi connectivity index (χ4n) is 3.46. The van der Waals surface area contributed by atoms with E-state index in [1.54, 1.807) is 0 Å². The molecule has 4 heteroatoms. The van der Waals surface area contributed by atoms with Crippen LogP contribution in [0.2, 0.25) is 0 Å². The van der Waals surface area contributed by atoms with E-state index >= 15 is 0 Å². The Morgan fingerprint density at radius 2 is 2.10 bits per heavy atom. The highest BCUT2D eigenvalue weighted by Crippen LogP contribution is 2.36. The third kappa shape index (κ3) is 3.49. The summed E-state index contributed by atoms with van der Waals surface area (Å²) in [6.07, 6.45) is 5.58. The molecule has 0 bridgehead atoms. The molecule has 114 valence electrons. The largest absolute Gasteiger partial charge is 0.335 e. The first-order chi connectivity index (χ1) is 10.2. The second-order valence-corrected chi connectivity index (χ2v) is 7.28. The van der Waals surface area contributed by atoms with Crippen molar-refractivity contribution in [1.29, 1.82) is 0 Å². The summed E-state index contributed by atoms with van der Waals surface area (Å²) in [5.74, 6) is 0.884. The van der Waals surface area contributed by atoms with Crippen molar-refractivity contribution in [2.75, 3.05) is 6.54 Å². The van der Waals surface area contributed by atoms with Crippen molar-refractivity contribution in [3.05, 3.63) is 34.3 Å². The van der Waals surface area contributed by atoms with Gasteiger partial charge in [-0.25, -0.2) is 0 Å². The van der Waals surface area contributed by atoms with Crippen molar-refractivity contribution < 1.29 is 4.79 Å². The van der Waals surface area contributed by atoms with E-state index in [2.05, 4.69) is 33.0 Å². The summed E-state index contributed by atoms with van der Waals surface area (Å²) < 4.78 is 1.07. The van der Waals surface area contributed by atoms with Crippen LogP contribution >= 0.6 is 15.9 Å². The molecule has 0 spiro atoms. The minimum atomic E-state index is 0.155. The highest BCUT2D eigenvalue weighted by Gasteiger charge is 2.40. The maximum atomic E-state index is 12.9. The van der Waals surface area contributed by atoms with E-state index < -0.39 is 0 Å². The number of rotatable bonds is 5. The van der Waals surface area contributed by atoms with Gasteiger partial charge < -0.3 is 10.6 Å². The molecule has 0 unspecified atom stereocenters. The first-order valence-electron chi connectivity index (χ1n) is 7.94. The van der Waals surface area contributed by atoms with E-state index in [1.807, 2.05) is 12.1 Å². The number of amides is 1. The third-order valence-corrected chi connectivity index (χ3v) is 5.28. The van der Waals surface area contributed by atoms with E-state index in [0.29, 0.717) is 24.4 Å². The van der Waals surface area contributed by atoms with Crippen LogP contribution in [0.4, 0.5) is 0 Å². The molecule has 3 rings (SSSR count). The third-order valence-electron chi connectivity index (χ3n) is 4.79. The van der Waals surface area contributed by atoms with Crippen molar-refractivity contribution in [2.45, 2.75) is 44.7 Å². The molecule has 21 heavy (non-hydrogen) atoms. The molecule has 3 nitrogen and oxygen atoms in total. The lowest BCUT2D eigenvalue weighted by molar-refractivity contribution is -0.137. The number of halogens is 1. The molecule has 2 fully saturated rings. The van der Waals surface area contributed by atoms with E-state index in [4.69, 9.17) is 5.73 Å². The van der Waals surface area contributed by atoms with Gasteiger partial charge in [0.15, 0.2) is 0 Å². The number of benzene rings is 1. The van der Waals surface area contributed by atoms with Gasteiger partial charge in [-0.05, 0) is 55.8 Å². The van der Waals surface area contributed by atoms with Crippen molar-refractivity contribution in [1.82, 2.24) is 4.90 Å². The van der Waals surface area contributed by atoms with Crippen LogP contribution in [-0.2, 0) is 11.3 Å². The lowest BCUT2D eigenvalue weighted by atomic mass is 9.94. The first kappa shape index (κ1) is 15.0. The maximum Gasteiger partial charge on any atom is 0.226 e. The summed E-state index contributed by atoms with van der Waals surface area (Å²) in [5, 5.41) is 0. The molecule has 1 amide bonds. The van der Waals surface area contributed by atoms with Crippen molar-refractivity contribution >= 4 is 21.8 Å². The number of carbonyl (C=O) groups is 1. The molecule has 1 aromatic carbocycles. The van der Waals surface area contributed by atoms with Crippen molar-refractivity contribution in [3.8, 4) is 0 Å². The van der Waals surface area contributed by atoms with Gasteiger partial charge in [-0.15, -0.1) is 0 Å². The van der Waals surface area contributed by atoms with Crippen LogP contribution in [0.3, 0.4) is 0 Å². The second kappa shape index (κ2) is 6.49. The normalized spacial score (nSPS) is 25.0. The van der Waals surface area contributed by atoms with Crippen LogP contribution < -0.4 is 5.73 Å². The van der Waals surface area contributed by atoms with E-state index in [-0.39, 0.29) is 5.92 Å². The molecule has 2 aliphatic carbocycles. The molecule has 2 N–H and O–H groups in total. The Bertz CT molecular complexity index is 515. The monoisotopic (exact) mass is 350 g/mol. The zero-order valence-electron chi connectivity index (χ0n) is 12.3. The molecular weight excluding hydrogens is 328 g/mol. The quantitative estimate of drug-likeness (QED) is 0.885. The molecular formula is C17H23BrN2O. The zero-order chi connectivity index (χ0) is 14.8. The van der Waals surface area contributed by atoms with Crippen LogP contribution in [0.5, 0.6) is 0 Å². The lowest BCUT2D eigenvalue weighted by Crippen LogP contribution is -2.40. The van der Waals surface area contributed by atoms with Crippen LogP contribution in [0, 0.1) is 11.8 Å². The van der Waals surface area contributed by atoms with Gasteiger partial charge in [0.25, 0.3) is 0 Å². The van der Waals surface area contributed by atoms with Gasteiger partial charge >= 0.3 is 0 Å². The Kier molecular flexibility index (Phi) is 4.65. The highest BCUT2D eigenvalue weighted by atomic mass is 79.9. The molecule has 0 heterocycles. The molecule has 2 aliphatic rings. The van der Waals surface area contributed by atoms with E-state index in [9.17, 15) is 4.79 Å². The Hall–Kier alpha value is -0.870. The number of hydrogen-bond acceptors (Lipinski definition) is 2. The summed E-state index contributed by atoms with van der Waals surface area (Å²) in [6.45, 7) is 1.38. The smallest absolute Gasteiger partial charge is 0.226 e. The summed E-state index contributed by atoms with van der Waals surface area (Å²) in [6, 6.07) is 8.72. The first-order valence-corrected chi connectivity index (χ1v) is 8.73. The maximum absolute atomic E-state index is 12.9. The topological polar surface area (TPSA) is 46.3 Å². The highest BCUT2D eigenvalue weighted by molar-refractivity contribution is 9.10. The summed E-state index contributed by atoms with van der Waals surface area (Å²) in [4.78, 5) is 15.1. The van der Waals surface area contributed by atoms with Gasteiger partial charge in [0.2, 0.25) is 5.91 Å². The van der Waals surface area contributed by atoms with Gasteiger partial charge in [-0.3, -0.25) is 4.79 Å². The standard InChI is InChI=1S/C17H23BrN2O/c18-14-5-1-3-12(9-14)11-20(15-7-8-15)17(21)16-6-2-4-13(16)10-19/h1,3,5,9,13,15-16H,2,4,6-8,10-11,19H2/t13-,16-/m1/s1. The fraction of sp³-hybridized carbons (Fsp3) is 0.588. The summed E-state index contributed by atoms with van der Waals surface area (Å²) in [5.41, 5.74) is 7.05. The van der Waals surface area contributed by atoms with Crippen LogP contribution in [0.15, 0.2) is 28.7 Å². The molecule has 2 atom stereocenters. The predicted molar refractivity (Wildman–Crippen MR) is 87.6 cm³/mol. The zero-order valence-corrected chi connectivity index (χ0v) is 13.9. The van der Waals surface area contributed by atoms with Crippen LogP contribution in [0.1, 0.15) is 37.7 Å². The average molecular weight is 351 g/mol. The van der Waals surface area contributed by atoms with Gasteiger partial charge in [-0.2, -0.15) is 0 Å². The summed E-state index contributed by atoms with van der Waals surface area (Å²) >= 11 is 3.51. The number of carbonyl (C=O) groups excluding carboxylic acids is 1. The Labute approximate surface area is 135 Å².